The van der Waals surface area contributed by atoms with Crippen LogP contribution in [0.2, 0.25) is 0 Å². The molecule has 1 N–H and O–H groups in total. The molecular formula is C18H14FNO4. The maximum absolute atomic E-state index is 13.4. The molecule has 0 unspecified atom stereocenters. The van der Waals surface area contributed by atoms with Crippen molar-refractivity contribution in [3.63, 3.8) is 0 Å². The summed E-state index contributed by atoms with van der Waals surface area (Å²) in [5.74, 6) is -0.587. The minimum atomic E-state index is -1.14. The molecule has 3 rings (SSSR count). The van der Waals surface area contributed by atoms with Gasteiger partial charge < -0.3 is 14.6 Å². The van der Waals surface area contributed by atoms with Crippen LogP contribution in [0.15, 0.2) is 42.5 Å². The van der Waals surface area contributed by atoms with Gasteiger partial charge in [-0.25, -0.2) is 14.2 Å². The van der Waals surface area contributed by atoms with Gasteiger partial charge in [0.05, 0.1) is 31.0 Å². The Morgan fingerprint density at radius 1 is 1.04 bits per heavy atom. The van der Waals surface area contributed by atoms with Crippen LogP contribution in [0.25, 0.3) is 22.2 Å². The summed E-state index contributed by atoms with van der Waals surface area (Å²) in [6.07, 6.45) is 0. The van der Waals surface area contributed by atoms with Crippen LogP contribution in [0, 0.1) is 5.82 Å². The topological polar surface area (TPSA) is 68.7 Å². The van der Waals surface area contributed by atoms with Crippen LogP contribution in [-0.4, -0.2) is 30.3 Å². The summed E-state index contributed by atoms with van der Waals surface area (Å²) in [6.45, 7) is 0. The number of rotatable bonds is 4. The highest BCUT2D eigenvalue weighted by molar-refractivity contribution is 6.03. The molecule has 0 atom stereocenters. The molecule has 0 aliphatic carbocycles. The second kappa shape index (κ2) is 6.16. The van der Waals surface area contributed by atoms with Crippen LogP contribution in [0.1, 0.15) is 10.4 Å². The van der Waals surface area contributed by atoms with E-state index >= 15 is 0 Å². The molecule has 0 saturated heterocycles. The predicted molar refractivity (Wildman–Crippen MR) is 87.2 cm³/mol. The summed E-state index contributed by atoms with van der Waals surface area (Å²) in [4.78, 5) is 16.0. The monoisotopic (exact) mass is 327 g/mol. The van der Waals surface area contributed by atoms with Crippen molar-refractivity contribution in [3.05, 3.63) is 53.8 Å². The van der Waals surface area contributed by atoms with Crippen LogP contribution in [0.3, 0.4) is 0 Å². The number of aromatic carboxylic acids is 1. The molecule has 122 valence electrons. The number of carbonyl (C=O) groups is 1. The second-order valence-corrected chi connectivity index (χ2v) is 5.09. The Bertz CT molecular complexity index is 940. The molecule has 2 aromatic carbocycles. The van der Waals surface area contributed by atoms with Gasteiger partial charge in [0, 0.05) is 10.9 Å². The number of fused-ring (bicyclic) bond motifs is 1. The molecule has 0 amide bonds. The number of ether oxygens (including phenoxy) is 2. The summed E-state index contributed by atoms with van der Waals surface area (Å²) in [7, 11) is 3.05. The van der Waals surface area contributed by atoms with Crippen LogP contribution >= 0.6 is 0 Å². The minimum absolute atomic E-state index is 0.00992. The molecule has 1 heterocycles. The van der Waals surface area contributed by atoms with E-state index in [9.17, 15) is 14.3 Å². The smallest absolute Gasteiger partial charge is 0.336 e. The molecule has 6 heteroatoms. The van der Waals surface area contributed by atoms with E-state index in [-0.39, 0.29) is 10.9 Å². The number of hydrogen-bond donors (Lipinski definition) is 1. The van der Waals surface area contributed by atoms with E-state index in [4.69, 9.17) is 9.47 Å². The van der Waals surface area contributed by atoms with E-state index in [1.807, 2.05) is 0 Å². The molecule has 0 aliphatic rings. The first-order chi connectivity index (χ1) is 11.5. The van der Waals surface area contributed by atoms with Crippen molar-refractivity contribution in [1.29, 1.82) is 0 Å². The number of aromatic nitrogens is 1. The summed E-state index contributed by atoms with van der Waals surface area (Å²) >= 11 is 0. The lowest BCUT2D eigenvalue weighted by Crippen LogP contribution is -2.01. The van der Waals surface area contributed by atoms with Crippen LogP contribution in [-0.2, 0) is 0 Å². The van der Waals surface area contributed by atoms with Crippen molar-refractivity contribution in [3.8, 4) is 22.8 Å². The van der Waals surface area contributed by atoms with Crippen molar-refractivity contribution < 1.29 is 23.8 Å². The normalized spacial score (nSPS) is 10.6. The summed E-state index contributed by atoms with van der Waals surface area (Å²) < 4.78 is 23.9. The van der Waals surface area contributed by atoms with Gasteiger partial charge in [0.25, 0.3) is 0 Å². The second-order valence-electron chi connectivity index (χ2n) is 5.09. The van der Waals surface area contributed by atoms with Crippen molar-refractivity contribution in [2.75, 3.05) is 14.2 Å². The van der Waals surface area contributed by atoms with Gasteiger partial charge in [0.2, 0.25) is 0 Å². The molecule has 0 aliphatic heterocycles. The third-order valence-corrected chi connectivity index (χ3v) is 3.68. The zero-order valence-electron chi connectivity index (χ0n) is 13.0. The third kappa shape index (κ3) is 2.74. The zero-order chi connectivity index (χ0) is 17.3. The van der Waals surface area contributed by atoms with Gasteiger partial charge in [0.15, 0.2) is 11.5 Å². The SMILES string of the molecule is COc1ccc(-c2cc(C(=O)O)c3cc(F)ccc3n2)cc1OC. The van der Waals surface area contributed by atoms with Gasteiger partial charge >= 0.3 is 5.97 Å². The Kier molecular flexibility index (Phi) is 4.04. The lowest BCUT2D eigenvalue weighted by Gasteiger charge is -2.11. The molecule has 0 spiro atoms. The number of hydrogen-bond acceptors (Lipinski definition) is 4. The maximum atomic E-state index is 13.4. The molecule has 0 fully saturated rings. The highest BCUT2D eigenvalue weighted by Crippen LogP contribution is 2.33. The average Bonchev–Trinajstić information content (AvgIpc) is 2.60. The number of pyridine rings is 1. The van der Waals surface area contributed by atoms with Crippen LogP contribution in [0.5, 0.6) is 11.5 Å². The van der Waals surface area contributed by atoms with Crippen LogP contribution in [0.4, 0.5) is 4.39 Å². The van der Waals surface area contributed by atoms with E-state index in [0.717, 1.165) is 0 Å². The Labute approximate surface area is 137 Å². The lowest BCUT2D eigenvalue weighted by atomic mass is 10.0. The van der Waals surface area contributed by atoms with Crippen molar-refractivity contribution >= 4 is 16.9 Å². The maximum Gasteiger partial charge on any atom is 0.336 e. The van der Waals surface area contributed by atoms with E-state index in [2.05, 4.69) is 4.98 Å². The van der Waals surface area contributed by atoms with Gasteiger partial charge in [-0.2, -0.15) is 0 Å². The summed E-state index contributed by atoms with van der Waals surface area (Å²) in [6, 6.07) is 10.5. The van der Waals surface area contributed by atoms with Crippen molar-refractivity contribution in [2.24, 2.45) is 0 Å². The lowest BCUT2D eigenvalue weighted by molar-refractivity contribution is 0.0699. The van der Waals surface area contributed by atoms with Crippen LogP contribution < -0.4 is 9.47 Å². The number of benzene rings is 2. The van der Waals surface area contributed by atoms with Gasteiger partial charge in [-0.15, -0.1) is 0 Å². The van der Waals surface area contributed by atoms with Gasteiger partial charge in [0.1, 0.15) is 5.82 Å². The quantitative estimate of drug-likeness (QED) is 0.790. The first-order valence-corrected chi connectivity index (χ1v) is 7.09. The first-order valence-electron chi connectivity index (χ1n) is 7.09. The molecular weight excluding hydrogens is 313 g/mol. The fraction of sp³-hybridized carbons (Fsp3) is 0.111. The molecule has 5 nitrogen and oxygen atoms in total. The first kappa shape index (κ1) is 15.7. The largest absolute Gasteiger partial charge is 0.493 e. The molecule has 3 aromatic rings. The van der Waals surface area contributed by atoms with E-state index in [0.29, 0.717) is 28.3 Å². The third-order valence-electron chi connectivity index (χ3n) is 3.68. The average molecular weight is 327 g/mol. The summed E-state index contributed by atoms with van der Waals surface area (Å²) in [5, 5.41) is 9.69. The number of halogens is 1. The van der Waals surface area contributed by atoms with E-state index < -0.39 is 11.8 Å². The fourth-order valence-corrected chi connectivity index (χ4v) is 2.52. The summed E-state index contributed by atoms with van der Waals surface area (Å²) in [5.41, 5.74) is 1.51. The van der Waals surface area contributed by atoms with Crippen molar-refractivity contribution in [1.82, 2.24) is 4.98 Å². The van der Waals surface area contributed by atoms with Gasteiger partial charge in [-0.1, -0.05) is 0 Å². The number of carboxylic acids is 1. The Hall–Kier alpha value is -3.15. The number of methoxy groups -OCH3 is 2. The Balaban J connectivity index is 2.23. The standard InChI is InChI=1S/C18H14FNO4/c1-23-16-6-3-10(7-17(16)24-2)15-9-13(18(21)22)12-8-11(19)4-5-14(12)20-15/h3-9H,1-2H3,(H,21,22). The fourth-order valence-electron chi connectivity index (χ4n) is 2.52. The van der Waals surface area contributed by atoms with E-state index in [1.54, 1.807) is 18.2 Å². The Morgan fingerprint density at radius 3 is 2.46 bits per heavy atom. The van der Waals surface area contributed by atoms with Crippen molar-refractivity contribution in [2.45, 2.75) is 0 Å². The Morgan fingerprint density at radius 2 is 1.79 bits per heavy atom. The highest BCUT2D eigenvalue weighted by Gasteiger charge is 2.15. The zero-order valence-corrected chi connectivity index (χ0v) is 13.0. The molecule has 0 radical (unpaired) electrons. The molecule has 24 heavy (non-hydrogen) atoms. The van der Waals surface area contributed by atoms with E-state index in [1.165, 1.54) is 38.5 Å². The minimum Gasteiger partial charge on any atom is -0.493 e. The number of nitrogens with zero attached hydrogens (tertiary/aromatic N) is 1. The molecule has 0 saturated carbocycles. The highest BCUT2D eigenvalue weighted by atomic mass is 19.1. The van der Waals surface area contributed by atoms with Gasteiger partial charge in [-0.05, 0) is 42.5 Å². The number of carboxylic acid groups (broad SMARTS) is 1. The van der Waals surface area contributed by atoms with Gasteiger partial charge in [-0.3, -0.25) is 0 Å². The molecule has 1 aromatic heterocycles. The molecule has 0 bridgehead atoms. The predicted octanol–water partition coefficient (Wildman–Crippen LogP) is 3.76.